The van der Waals surface area contributed by atoms with Crippen LogP contribution in [-0.4, -0.2) is 53.0 Å². The predicted octanol–water partition coefficient (Wildman–Crippen LogP) is 2.26. The third kappa shape index (κ3) is 3.64. The van der Waals surface area contributed by atoms with Crippen LogP contribution in [-0.2, 0) is 0 Å². The average Bonchev–Trinajstić information content (AvgIpc) is 2.67. The van der Waals surface area contributed by atoms with Crippen LogP contribution in [0, 0.1) is 10.1 Å². The van der Waals surface area contributed by atoms with E-state index in [2.05, 4.69) is 0 Å². The zero-order valence-electron chi connectivity index (χ0n) is 13.9. The highest BCUT2D eigenvalue weighted by Crippen LogP contribution is 2.22. The molecule has 0 bridgehead atoms. The van der Waals surface area contributed by atoms with Gasteiger partial charge in [-0.15, -0.1) is 0 Å². The smallest absolute Gasteiger partial charge is 0.335 e. The number of amides is 1. The van der Waals surface area contributed by atoms with E-state index in [1.807, 2.05) is 4.90 Å². The lowest BCUT2D eigenvalue weighted by Gasteiger charge is -2.36. The van der Waals surface area contributed by atoms with Gasteiger partial charge >= 0.3 is 5.97 Å². The van der Waals surface area contributed by atoms with Gasteiger partial charge in [-0.1, -0.05) is 12.1 Å². The van der Waals surface area contributed by atoms with Gasteiger partial charge in [-0.3, -0.25) is 14.9 Å². The third-order valence-electron chi connectivity index (χ3n) is 4.33. The predicted molar refractivity (Wildman–Crippen MR) is 94.6 cm³/mol. The monoisotopic (exact) mass is 355 g/mol. The maximum atomic E-state index is 12.6. The molecule has 2 aromatic rings. The van der Waals surface area contributed by atoms with Crippen molar-refractivity contribution in [2.45, 2.75) is 0 Å². The molecule has 0 radical (unpaired) electrons. The summed E-state index contributed by atoms with van der Waals surface area (Å²) in [4.78, 5) is 37.8. The first kappa shape index (κ1) is 17.4. The van der Waals surface area contributed by atoms with Crippen LogP contribution in [0.3, 0.4) is 0 Å². The summed E-state index contributed by atoms with van der Waals surface area (Å²) in [5.41, 5.74) is 1.20. The van der Waals surface area contributed by atoms with Gasteiger partial charge < -0.3 is 14.9 Å². The second kappa shape index (κ2) is 7.22. The molecule has 134 valence electrons. The number of carbonyl (C=O) groups is 2. The molecule has 0 unspecified atom stereocenters. The average molecular weight is 355 g/mol. The SMILES string of the molecule is O=C(O)c1cccc(C(=O)N2CCN(c3cccc([N+](=O)[O-])c3)CC2)c1. The first-order chi connectivity index (χ1) is 12.5. The zero-order valence-corrected chi connectivity index (χ0v) is 13.9. The number of rotatable bonds is 4. The molecule has 8 heteroatoms. The molecule has 1 N–H and O–H groups in total. The van der Waals surface area contributed by atoms with Crippen molar-refractivity contribution < 1.29 is 19.6 Å². The van der Waals surface area contributed by atoms with Crippen molar-refractivity contribution in [3.8, 4) is 0 Å². The van der Waals surface area contributed by atoms with E-state index in [0.717, 1.165) is 5.69 Å². The molecule has 0 aromatic heterocycles. The number of aromatic carboxylic acids is 1. The van der Waals surface area contributed by atoms with E-state index in [1.54, 1.807) is 29.2 Å². The van der Waals surface area contributed by atoms with Gasteiger partial charge in [-0.05, 0) is 24.3 Å². The Bertz CT molecular complexity index is 859. The van der Waals surface area contributed by atoms with Crippen LogP contribution in [0.25, 0.3) is 0 Å². The first-order valence-corrected chi connectivity index (χ1v) is 8.08. The van der Waals surface area contributed by atoms with Crippen LogP contribution >= 0.6 is 0 Å². The minimum Gasteiger partial charge on any atom is -0.478 e. The van der Waals surface area contributed by atoms with E-state index in [4.69, 9.17) is 5.11 Å². The Labute approximate surface area is 149 Å². The molecular weight excluding hydrogens is 338 g/mol. The molecule has 1 aliphatic rings. The van der Waals surface area contributed by atoms with E-state index in [9.17, 15) is 19.7 Å². The van der Waals surface area contributed by atoms with Gasteiger partial charge in [0.25, 0.3) is 11.6 Å². The van der Waals surface area contributed by atoms with E-state index < -0.39 is 10.9 Å². The maximum Gasteiger partial charge on any atom is 0.335 e. The summed E-state index contributed by atoms with van der Waals surface area (Å²) < 4.78 is 0. The summed E-state index contributed by atoms with van der Waals surface area (Å²) >= 11 is 0. The van der Waals surface area contributed by atoms with Crippen molar-refractivity contribution in [2.75, 3.05) is 31.1 Å². The lowest BCUT2D eigenvalue weighted by atomic mass is 10.1. The fourth-order valence-corrected chi connectivity index (χ4v) is 2.94. The molecule has 0 aliphatic carbocycles. The number of carboxylic acid groups (broad SMARTS) is 1. The van der Waals surface area contributed by atoms with Crippen molar-refractivity contribution in [3.63, 3.8) is 0 Å². The molecule has 0 saturated carbocycles. The minimum atomic E-state index is -1.07. The molecule has 26 heavy (non-hydrogen) atoms. The number of nitrogens with zero attached hydrogens (tertiary/aromatic N) is 3. The van der Waals surface area contributed by atoms with Gasteiger partial charge in [0.05, 0.1) is 10.5 Å². The van der Waals surface area contributed by atoms with Gasteiger partial charge in [-0.25, -0.2) is 4.79 Å². The molecule has 1 saturated heterocycles. The summed E-state index contributed by atoms with van der Waals surface area (Å²) in [5.74, 6) is -1.29. The molecule has 1 aliphatic heterocycles. The normalized spacial score (nSPS) is 14.2. The number of anilines is 1. The lowest BCUT2D eigenvalue weighted by molar-refractivity contribution is -0.384. The molecule has 3 rings (SSSR count). The Kier molecular flexibility index (Phi) is 4.83. The van der Waals surface area contributed by atoms with E-state index in [1.165, 1.54) is 24.3 Å². The largest absolute Gasteiger partial charge is 0.478 e. The van der Waals surface area contributed by atoms with Gasteiger partial charge in [0, 0.05) is 49.6 Å². The summed E-state index contributed by atoms with van der Waals surface area (Å²) in [7, 11) is 0. The number of non-ortho nitro benzene ring substituents is 1. The molecule has 0 spiro atoms. The zero-order chi connectivity index (χ0) is 18.7. The summed E-state index contributed by atoms with van der Waals surface area (Å²) in [5, 5.41) is 19.9. The maximum absolute atomic E-state index is 12.6. The van der Waals surface area contributed by atoms with Crippen LogP contribution in [0.2, 0.25) is 0 Å². The summed E-state index contributed by atoms with van der Waals surface area (Å²) in [6.07, 6.45) is 0. The molecular formula is C18H17N3O5. The fourth-order valence-electron chi connectivity index (χ4n) is 2.94. The first-order valence-electron chi connectivity index (χ1n) is 8.08. The Balaban J connectivity index is 1.67. The van der Waals surface area contributed by atoms with Gasteiger partial charge in [-0.2, -0.15) is 0 Å². The van der Waals surface area contributed by atoms with Gasteiger partial charge in [0.2, 0.25) is 0 Å². The lowest BCUT2D eigenvalue weighted by Crippen LogP contribution is -2.48. The highest BCUT2D eigenvalue weighted by Gasteiger charge is 2.23. The fraction of sp³-hybridized carbons (Fsp3) is 0.222. The molecule has 1 amide bonds. The van der Waals surface area contributed by atoms with Gasteiger partial charge in [0.15, 0.2) is 0 Å². The van der Waals surface area contributed by atoms with Crippen molar-refractivity contribution >= 4 is 23.3 Å². The van der Waals surface area contributed by atoms with Crippen LogP contribution in [0.15, 0.2) is 48.5 Å². The van der Waals surface area contributed by atoms with Crippen molar-refractivity contribution in [1.29, 1.82) is 0 Å². The van der Waals surface area contributed by atoms with E-state index >= 15 is 0 Å². The Morgan fingerprint density at radius 3 is 2.27 bits per heavy atom. The third-order valence-corrected chi connectivity index (χ3v) is 4.33. The number of hydrogen-bond donors (Lipinski definition) is 1. The van der Waals surface area contributed by atoms with Gasteiger partial charge in [0.1, 0.15) is 0 Å². The topological polar surface area (TPSA) is 104 Å². The van der Waals surface area contributed by atoms with E-state index in [0.29, 0.717) is 31.7 Å². The van der Waals surface area contributed by atoms with Crippen molar-refractivity contribution in [3.05, 3.63) is 69.8 Å². The molecule has 1 heterocycles. The number of carboxylic acids is 1. The van der Waals surface area contributed by atoms with Crippen LogP contribution in [0.4, 0.5) is 11.4 Å². The summed E-state index contributed by atoms with van der Waals surface area (Å²) in [6.45, 7) is 2.01. The number of carbonyl (C=O) groups excluding carboxylic acids is 1. The highest BCUT2D eigenvalue weighted by molar-refractivity contribution is 5.97. The number of benzene rings is 2. The molecule has 2 aromatic carbocycles. The van der Waals surface area contributed by atoms with Crippen molar-refractivity contribution in [2.24, 2.45) is 0 Å². The number of hydrogen-bond acceptors (Lipinski definition) is 5. The molecule has 0 atom stereocenters. The standard InChI is InChI=1S/C18H17N3O5/c22-17(13-3-1-4-14(11-13)18(23)24)20-9-7-19(8-10-20)15-5-2-6-16(12-15)21(25)26/h1-6,11-12H,7-10H2,(H,23,24). The molecule has 1 fully saturated rings. The highest BCUT2D eigenvalue weighted by atomic mass is 16.6. The molecule has 8 nitrogen and oxygen atoms in total. The number of piperazine rings is 1. The minimum absolute atomic E-state index is 0.0338. The van der Waals surface area contributed by atoms with Crippen molar-refractivity contribution in [1.82, 2.24) is 4.90 Å². The quantitative estimate of drug-likeness (QED) is 0.666. The number of nitro benzene ring substituents is 1. The van der Waals surface area contributed by atoms with Crippen LogP contribution in [0.5, 0.6) is 0 Å². The van der Waals surface area contributed by atoms with Crippen LogP contribution < -0.4 is 4.90 Å². The van der Waals surface area contributed by atoms with E-state index in [-0.39, 0.29) is 17.2 Å². The van der Waals surface area contributed by atoms with Crippen LogP contribution in [0.1, 0.15) is 20.7 Å². The number of nitro groups is 1. The Hall–Kier alpha value is -3.42. The second-order valence-electron chi connectivity index (χ2n) is 5.94. The summed E-state index contributed by atoms with van der Waals surface area (Å²) in [6, 6.07) is 12.4. The Morgan fingerprint density at radius 1 is 0.962 bits per heavy atom. The Morgan fingerprint density at radius 2 is 1.62 bits per heavy atom. The second-order valence-corrected chi connectivity index (χ2v) is 5.94.